The molecule has 17 heavy (non-hydrogen) atoms. The maximum Gasteiger partial charge on any atom is 0.237 e. The van der Waals surface area contributed by atoms with Gasteiger partial charge in [-0.25, -0.2) is 0 Å². The third kappa shape index (κ3) is 3.01. The summed E-state index contributed by atoms with van der Waals surface area (Å²) >= 11 is 0. The van der Waals surface area contributed by atoms with Crippen LogP contribution in [0.5, 0.6) is 5.75 Å². The van der Waals surface area contributed by atoms with Crippen LogP contribution in [0.1, 0.15) is 21.5 Å². The predicted octanol–water partition coefficient (Wildman–Crippen LogP) is 2.02. The van der Waals surface area contributed by atoms with Crippen LogP contribution >= 0.6 is 0 Å². The van der Waals surface area contributed by atoms with E-state index in [-0.39, 0.29) is 5.78 Å². The predicted molar refractivity (Wildman–Crippen MR) is 68.3 cm³/mol. The van der Waals surface area contributed by atoms with Gasteiger partial charge in [-0.2, -0.15) is 0 Å². The second-order valence-electron chi connectivity index (χ2n) is 4.03. The van der Waals surface area contributed by atoms with E-state index >= 15 is 0 Å². The standard InChI is InChI=1S/C14H17NO2/c1-10-11(2)14(17-5)7-6-12(10)13(16)8-9-15(3)4/h6-7H,1-5H3. The molecule has 3 heteroatoms. The molecule has 0 saturated carbocycles. The molecule has 0 aromatic heterocycles. The Hall–Kier alpha value is -1.95. The number of ketones is 1. The van der Waals surface area contributed by atoms with Gasteiger partial charge in [-0.15, -0.1) is 0 Å². The van der Waals surface area contributed by atoms with Gasteiger partial charge >= 0.3 is 0 Å². The van der Waals surface area contributed by atoms with Gasteiger partial charge in [0.15, 0.2) is 0 Å². The first-order valence-corrected chi connectivity index (χ1v) is 5.35. The lowest BCUT2D eigenvalue weighted by Crippen LogP contribution is -2.05. The summed E-state index contributed by atoms with van der Waals surface area (Å²) in [7, 11) is 5.22. The SMILES string of the molecule is COc1ccc(C(=O)C#CN(C)C)c(C)c1C. The smallest absolute Gasteiger partial charge is 0.237 e. The molecule has 90 valence electrons. The van der Waals surface area contributed by atoms with Crippen molar-refractivity contribution in [2.24, 2.45) is 0 Å². The Labute approximate surface area is 102 Å². The van der Waals surface area contributed by atoms with Crippen molar-refractivity contribution >= 4 is 5.78 Å². The fraction of sp³-hybridized carbons (Fsp3) is 0.357. The summed E-state index contributed by atoms with van der Waals surface area (Å²) in [6.45, 7) is 3.84. The third-order valence-electron chi connectivity index (χ3n) is 2.60. The van der Waals surface area contributed by atoms with Crippen LogP contribution in [0.3, 0.4) is 0 Å². The van der Waals surface area contributed by atoms with Crippen LogP contribution < -0.4 is 4.74 Å². The summed E-state index contributed by atoms with van der Waals surface area (Å²) in [6.07, 6.45) is 0. The van der Waals surface area contributed by atoms with Crippen LogP contribution in [-0.4, -0.2) is 31.9 Å². The number of carbonyl (C=O) groups excluding carboxylic acids is 1. The molecule has 0 atom stereocenters. The minimum atomic E-state index is -0.165. The second kappa shape index (κ2) is 5.40. The van der Waals surface area contributed by atoms with E-state index in [1.165, 1.54) is 0 Å². The number of hydrogen-bond acceptors (Lipinski definition) is 3. The highest BCUT2D eigenvalue weighted by Gasteiger charge is 2.11. The van der Waals surface area contributed by atoms with Crippen molar-refractivity contribution in [3.05, 3.63) is 28.8 Å². The summed E-state index contributed by atoms with van der Waals surface area (Å²) in [4.78, 5) is 13.5. The van der Waals surface area contributed by atoms with E-state index in [2.05, 4.69) is 12.0 Å². The van der Waals surface area contributed by atoms with Crippen molar-refractivity contribution in [1.82, 2.24) is 4.90 Å². The molecule has 0 bridgehead atoms. The summed E-state index contributed by atoms with van der Waals surface area (Å²) in [5, 5.41) is 0. The van der Waals surface area contributed by atoms with E-state index in [0.29, 0.717) is 5.56 Å². The van der Waals surface area contributed by atoms with Crippen molar-refractivity contribution in [3.63, 3.8) is 0 Å². The van der Waals surface area contributed by atoms with Gasteiger partial charge in [-0.3, -0.25) is 4.79 Å². The highest BCUT2D eigenvalue weighted by atomic mass is 16.5. The Morgan fingerprint density at radius 2 is 1.88 bits per heavy atom. The molecule has 0 saturated heterocycles. The van der Waals surface area contributed by atoms with Crippen molar-refractivity contribution < 1.29 is 9.53 Å². The van der Waals surface area contributed by atoms with Crippen molar-refractivity contribution in [2.45, 2.75) is 13.8 Å². The highest BCUT2D eigenvalue weighted by molar-refractivity contribution is 6.10. The van der Waals surface area contributed by atoms with E-state index < -0.39 is 0 Å². The van der Waals surface area contributed by atoms with Crippen molar-refractivity contribution in [3.8, 4) is 17.7 Å². The lowest BCUT2D eigenvalue weighted by molar-refractivity contribution is 0.105. The van der Waals surface area contributed by atoms with E-state index in [1.807, 2.05) is 13.8 Å². The molecule has 0 aliphatic rings. The molecule has 0 fully saturated rings. The van der Waals surface area contributed by atoms with Gasteiger partial charge in [0.25, 0.3) is 0 Å². The van der Waals surface area contributed by atoms with E-state index in [9.17, 15) is 4.79 Å². The second-order valence-corrected chi connectivity index (χ2v) is 4.03. The Morgan fingerprint density at radius 1 is 1.24 bits per heavy atom. The Morgan fingerprint density at radius 3 is 2.41 bits per heavy atom. The molecule has 0 aliphatic heterocycles. The van der Waals surface area contributed by atoms with Crippen LogP contribution in [0.4, 0.5) is 0 Å². The lowest BCUT2D eigenvalue weighted by atomic mass is 9.99. The average molecular weight is 231 g/mol. The molecular weight excluding hydrogens is 214 g/mol. The minimum Gasteiger partial charge on any atom is -0.496 e. The summed E-state index contributed by atoms with van der Waals surface area (Å²) in [5.74, 6) is 3.23. The molecule has 1 rings (SSSR count). The fourth-order valence-corrected chi connectivity index (χ4v) is 1.49. The minimum absolute atomic E-state index is 0.165. The van der Waals surface area contributed by atoms with E-state index in [0.717, 1.165) is 16.9 Å². The molecule has 0 aliphatic carbocycles. The first kappa shape index (κ1) is 13.1. The van der Waals surface area contributed by atoms with Crippen LogP contribution in [0, 0.1) is 25.8 Å². The molecule has 0 N–H and O–H groups in total. The topological polar surface area (TPSA) is 29.5 Å². The highest BCUT2D eigenvalue weighted by Crippen LogP contribution is 2.23. The summed E-state index contributed by atoms with van der Waals surface area (Å²) < 4.78 is 5.20. The van der Waals surface area contributed by atoms with Crippen LogP contribution in [-0.2, 0) is 0 Å². The molecule has 0 amide bonds. The average Bonchev–Trinajstić information content (AvgIpc) is 2.29. The molecule has 1 aromatic rings. The van der Waals surface area contributed by atoms with Crippen molar-refractivity contribution in [1.29, 1.82) is 0 Å². The third-order valence-corrected chi connectivity index (χ3v) is 2.60. The van der Waals surface area contributed by atoms with Gasteiger partial charge in [0.05, 0.1) is 7.11 Å². The Kier molecular flexibility index (Phi) is 4.17. The van der Waals surface area contributed by atoms with Gasteiger partial charge in [0, 0.05) is 25.7 Å². The molecular formula is C14H17NO2. The maximum absolute atomic E-state index is 11.9. The number of hydrogen-bond donors (Lipinski definition) is 0. The van der Waals surface area contributed by atoms with E-state index in [1.54, 1.807) is 38.2 Å². The number of ether oxygens (including phenoxy) is 1. The molecule has 0 spiro atoms. The summed E-state index contributed by atoms with van der Waals surface area (Å²) in [6, 6.07) is 6.28. The largest absolute Gasteiger partial charge is 0.496 e. The zero-order valence-electron chi connectivity index (χ0n) is 10.9. The Bertz CT molecular complexity index is 493. The number of Topliss-reactive ketones (excluding diaryl/α,β-unsaturated/α-hetero) is 1. The van der Waals surface area contributed by atoms with E-state index in [4.69, 9.17) is 4.74 Å². The van der Waals surface area contributed by atoms with Gasteiger partial charge in [-0.05, 0) is 43.0 Å². The first-order chi connectivity index (χ1) is 7.97. The molecule has 0 unspecified atom stereocenters. The van der Waals surface area contributed by atoms with Crippen LogP contribution in [0.2, 0.25) is 0 Å². The summed E-state index contributed by atoms with van der Waals surface area (Å²) in [5.41, 5.74) is 2.53. The van der Waals surface area contributed by atoms with Gasteiger partial charge in [-0.1, -0.05) is 0 Å². The quantitative estimate of drug-likeness (QED) is 0.443. The number of benzene rings is 1. The zero-order valence-corrected chi connectivity index (χ0v) is 10.9. The Balaban J connectivity index is 3.14. The normalized spacial score (nSPS) is 9.24. The molecule has 0 radical (unpaired) electrons. The lowest BCUT2D eigenvalue weighted by Gasteiger charge is -2.10. The van der Waals surface area contributed by atoms with Crippen LogP contribution in [0.25, 0.3) is 0 Å². The molecule has 0 heterocycles. The molecule has 1 aromatic carbocycles. The fourth-order valence-electron chi connectivity index (χ4n) is 1.49. The van der Waals surface area contributed by atoms with Gasteiger partial charge < -0.3 is 9.64 Å². The zero-order chi connectivity index (χ0) is 13.0. The van der Waals surface area contributed by atoms with Gasteiger partial charge in [0.2, 0.25) is 5.78 Å². The number of carbonyl (C=O) groups is 1. The molecule has 3 nitrogen and oxygen atoms in total. The van der Waals surface area contributed by atoms with Crippen LogP contribution in [0.15, 0.2) is 12.1 Å². The maximum atomic E-state index is 11.9. The number of rotatable bonds is 2. The number of nitrogens with zero attached hydrogens (tertiary/aromatic N) is 1. The van der Waals surface area contributed by atoms with Crippen molar-refractivity contribution in [2.75, 3.05) is 21.2 Å². The first-order valence-electron chi connectivity index (χ1n) is 5.35. The monoisotopic (exact) mass is 231 g/mol. The number of methoxy groups -OCH3 is 1. The van der Waals surface area contributed by atoms with Gasteiger partial charge in [0.1, 0.15) is 5.75 Å².